The Hall–Kier alpha value is -0.430. The maximum Gasteiger partial charge on any atom is 0.215 e. The summed E-state index contributed by atoms with van der Waals surface area (Å²) < 4.78 is 26.5. The zero-order valence-electron chi connectivity index (χ0n) is 11.0. The van der Waals surface area contributed by atoms with Crippen LogP contribution in [-0.4, -0.2) is 33.3 Å². The molecule has 104 valence electrons. The van der Waals surface area contributed by atoms with Gasteiger partial charge in [-0.25, -0.2) is 13.1 Å². The van der Waals surface area contributed by atoms with Crippen LogP contribution in [0.3, 0.4) is 0 Å². The van der Waals surface area contributed by atoms with Crippen molar-refractivity contribution in [3.8, 4) is 0 Å². The van der Waals surface area contributed by atoms with Crippen LogP contribution >= 0.6 is 11.3 Å². The smallest absolute Gasteiger partial charge is 0.215 e. The normalized spacial score (nSPS) is 13.7. The van der Waals surface area contributed by atoms with Gasteiger partial charge in [-0.15, -0.1) is 11.3 Å². The van der Waals surface area contributed by atoms with Crippen LogP contribution in [0, 0.1) is 0 Å². The molecule has 6 heteroatoms. The van der Waals surface area contributed by atoms with Crippen molar-refractivity contribution in [2.75, 3.05) is 19.6 Å². The summed E-state index contributed by atoms with van der Waals surface area (Å²) >= 11 is 1.65. The van der Waals surface area contributed by atoms with Gasteiger partial charge < -0.3 is 5.32 Å². The number of sulfonamides is 1. The molecule has 1 aromatic heterocycles. The highest BCUT2D eigenvalue weighted by atomic mass is 32.2. The van der Waals surface area contributed by atoms with Gasteiger partial charge in [-0.05, 0) is 37.8 Å². The Labute approximate surface area is 114 Å². The molecule has 0 amide bonds. The van der Waals surface area contributed by atoms with Crippen LogP contribution in [0.5, 0.6) is 0 Å². The molecule has 0 radical (unpaired) electrons. The van der Waals surface area contributed by atoms with Crippen molar-refractivity contribution in [2.24, 2.45) is 0 Å². The molecular weight excluding hydrogens is 268 g/mol. The molecule has 0 saturated carbocycles. The Bertz CT molecular complexity index is 415. The van der Waals surface area contributed by atoms with Crippen LogP contribution in [0.1, 0.15) is 25.1 Å². The van der Waals surface area contributed by atoms with Gasteiger partial charge >= 0.3 is 0 Å². The fraction of sp³-hybridized carbons (Fsp3) is 0.667. The highest BCUT2D eigenvalue weighted by Crippen LogP contribution is 2.08. The average Bonchev–Trinajstić information content (AvgIpc) is 2.82. The summed E-state index contributed by atoms with van der Waals surface area (Å²) in [6, 6.07) is 4.00. The Morgan fingerprint density at radius 1 is 1.39 bits per heavy atom. The van der Waals surface area contributed by atoms with Gasteiger partial charge in [-0.3, -0.25) is 0 Å². The van der Waals surface area contributed by atoms with Crippen LogP contribution in [0.2, 0.25) is 0 Å². The summed E-state index contributed by atoms with van der Waals surface area (Å²) in [6.45, 7) is 5.62. The van der Waals surface area contributed by atoms with Crippen molar-refractivity contribution in [1.82, 2.24) is 10.0 Å². The van der Waals surface area contributed by atoms with Crippen molar-refractivity contribution in [1.29, 1.82) is 0 Å². The Kier molecular flexibility index (Phi) is 6.85. The number of thiophene rings is 1. The second-order valence-corrected chi connectivity index (χ2v) is 7.50. The van der Waals surface area contributed by atoms with E-state index in [2.05, 4.69) is 17.0 Å². The highest BCUT2D eigenvalue weighted by Gasteiger charge is 2.19. The summed E-state index contributed by atoms with van der Waals surface area (Å²) in [7, 11) is -3.20. The lowest BCUT2D eigenvalue weighted by molar-refractivity contribution is 0.557. The molecule has 0 spiro atoms. The monoisotopic (exact) mass is 290 g/mol. The first-order valence-electron chi connectivity index (χ1n) is 6.28. The number of nitrogens with one attached hydrogen (secondary N) is 2. The van der Waals surface area contributed by atoms with Gasteiger partial charge in [0.2, 0.25) is 10.0 Å². The number of hydrogen-bond donors (Lipinski definition) is 2. The number of hydrogen-bond acceptors (Lipinski definition) is 4. The predicted molar refractivity (Wildman–Crippen MR) is 77.6 cm³/mol. The molecule has 0 saturated heterocycles. The first kappa shape index (κ1) is 15.6. The van der Waals surface area contributed by atoms with E-state index in [0.29, 0.717) is 13.1 Å². The lowest BCUT2D eigenvalue weighted by Gasteiger charge is -2.14. The molecule has 18 heavy (non-hydrogen) atoms. The van der Waals surface area contributed by atoms with Gasteiger partial charge in [0.05, 0.1) is 5.25 Å². The molecule has 0 aromatic carbocycles. The maximum atomic E-state index is 11.9. The second kappa shape index (κ2) is 7.89. The average molecular weight is 290 g/mol. The van der Waals surface area contributed by atoms with Gasteiger partial charge in [0, 0.05) is 18.0 Å². The van der Waals surface area contributed by atoms with Gasteiger partial charge in [-0.2, -0.15) is 0 Å². The molecule has 1 rings (SSSR count). The fourth-order valence-corrected chi connectivity index (χ4v) is 3.22. The molecule has 0 fully saturated rings. The van der Waals surface area contributed by atoms with E-state index >= 15 is 0 Å². The number of rotatable bonds is 9. The van der Waals surface area contributed by atoms with Crippen molar-refractivity contribution < 1.29 is 8.42 Å². The summed E-state index contributed by atoms with van der Waals surface area (Å²) in [5.74, 6) is 0. The van der Waals surface area contributed by atoms with Crippen LogP contribution in [0.25, 0.3) is 0 Å². The third kappa shape index (κ3) is 5.48. The lowest BCUT2D eigenvalue weighted by Crippen LogP contribution is -2.39. The SMILES string of the molecule is CCCNCC(C)S(=O)(=O)NCCc1cccs1. The Morgan fingerprint density at radius 3 is 2.78 bits per heavy atom. The van der Waals surface area contributed by atoms with Crippen molar-refractivity contribution in [2.45, 2.75) is 31.9 Å². The molecule has 2 N–H and O–H groups in total. The summed E-state index contributed by atoms with van der Waals surface area (Å²) in [5, 5.41) is 4.73. The first-order valence-corrected chi connectivity index (χ1v) is 8.70. The second-order valence-electron chi connectivity index (χ2n) is 4.28. The third-order valence-corrected chi connectivity index (χ3v) is 5.41. The van der Waals surface area contributed by atoms with E-state index in [4.69, 9.17) is 0 Å². The van der Waals surface area contributed by atoms with Crippen LogP contribution in [0.15, 0.2) is 17.5 Å². The van der Waals surface area contributed by atoms with E-state index in [0.717, 1.165) is 19.4 Å². The van der Waals surface area contributed by atoms with Crippen molar-refractivity contribution >= 4 is 21.4 Å². The molecule has 0 aliphatic carbocycles. The molecular formula is C12H22N2O2S2. The quantitative estimate of drug-likeness (QED) is 0.679. The van der Waals surface area contributed by atoms with Gasteiger partial charge in [-0.1, -0.05) is 13.0 Å². The molecule has 1 atom stereocenters. The van der Waals surface area contributed by atoms with E-state index in [1.54, 1.807) is 18.3 Å². The zero-order valence-corrected chi connectivity index (χ0v) is 12.6. The van der Waals surface area contributed by atoms with Crippen molar-refractivity contribution in [3.05, 3.63) is 22.4 Å². The van der Waals surface area contributed by atoms with Gasteiger partial charge in [0.25, 0.3) is 0 Å². The van der Waals surface area contributed by atoms with E-state index in [-0.39, 0.29) is 0 Å². The standard InChI is InChI=1S/C12H22N2O2S2/c1-3-7-13-10-11(2)18(15,16)14-8-6-12-5-4-9-17-12/h4-5,9,11,13-14H,3,6-8,10H2,1-2H3. The zero-order chi connectivity index (χ0) is 13.4. The largest absolute Gasteiger partial charge is 0.315 e. The van der Waals surface area contributed by atoms with E-state index in [9.17, 15) is 8.42 Å². The van der Waals surface area contributed by atoms with E-state index in [1.165, 1.54) is 4.88 Å². The maximum absolute atomic E-state index is 11.9. The topological polar surface area (TPSA) is 58.2 Å². The van der Waals surface area contributed by atoms with Crippen LogP contribution in [-0.2, 0) is 16.4 Å². The van der Waals surface area contributed by atoms with Gasteiger partial charge in [0.15, 0.2) is 0 Å². The molecule has 0 bridgehead atoms. The molecule has 4 nitrogen and oxygen atoms in total. The minimum absolute atomic E-state index is 0.396. The lowest BCUT2D eigenvalue weighted by atomic mass is 10.3. The minimum Gasteiger partial charge on any atom is -0.315 e. The summed E-state index contributed by atoms with van der Waals surface area (Å²) in [5.41, 5.74) is 0. The fourth-order valence-electron chi connectivity index (χ4n) is 1.51. The van der Waals surface area contributed by atoms with Crippen LogP contribution < -0.4 is 10.0 Å². The molecule has 0 aliphatic heterocycles. The van der Waals surface area contributed by atoms with Crippen LogP contribution in [0.4, 0.5) is 0 Å². The molecule has 0 aliphatic rings. The molecule has 1 unspecified atom stereocenters. The summed E-state index contributed by atoms with van der Waals surface area (Å²) in [6.07, 6.45) is 1.77. The highest BCUT2D eigenvalue weighted by molar-refractivity contribution is 7.90. The molecule has 1 heterocycles. The predicted octanol–water partition coefficient (Wildman–Crippen LogP) is 1.60. The Morgan fingerprint density at radius 2 is 2.17 bits per heavy atom. The van der Waals surface area contributed by atoms with E-state index < -0.39 is 15.3 Å². The van der Waals surface area contributed by atoms with Gasteiger partial charge in [0.1, 0.15) is 0 Å². The Balaban J connectivity index is 2.30. The summed E-state index contributed by atoms with van der Waals surface area (Å²) in [4.78, 5) is 1.20. The van der Waals surface area contributed by atoms with E-state index in [1.807, 2.05) is 17.5 Å². The minimum atomic E-state index is -3.20. The molecule has 1 aromatic rings. The van der Waals surface area contributed by atoms with Crippen molar-refractivity contribution in [3.63, 3.8) is 0 Å². The third-order valence-electron chi connectivity index (χ3n) is 2.64. The first-order chi connectivity index (χ1) is 8.56.